The first-order valence-electron chi connectivity index (χ1n) is 14.8. The van der Waals surface area contributed by atoms with Gasteiger partial charge in [0.2, 0.25) is 11.8 Å². The van der Waals surface area contributed by atoms with Crippen LogP contribution >= 0.6 is 0 Å². The van der Waals surface area contributed by atoms with E-state index in [0.29, 0.717) is 25.1 Å². The molecule has 2 fully saturated rings. The lowest BCUT2D eigenvalue weighted by Crippen LogP contribution is -2.45. The molecule has 0 unspecified atom stereocenters. The molecule has 2 heterocycles. The lowest BCUT2D eigenvalue weighted by atomic mass is 9.99. The van der Waals surface area contributed by atoms with E-state index in [1.54, 1.807) is 17.6 Å². The smallest absolute Gasteiger partial charge is 0.323 e. The number of carbonyl (C=O) groups is 3. The Morgan fingerprint density at radius 1 is 0.977 bits per heavy atom. The Bertz CT molecular complexity index is 1230. The van der Waals surface area contributed by atoms with Crippen molar-refractivity contribution in [3.05, 3.63) is 65.2 Å². The Hall–Kier alpha value is -3.35. The van der Waals surface area contributed by atoms with Crippen molar-refractivity contribution in [2.45, 2.75) is 96.0 Å². The molecule has 0 aliphatic carbocycles. The molecule has 43 heavy (non-hydrogen) atoms. The SMILES string of the molecule is CC(C)(C)OC(=O)[C@@H]1CCCN1C[C@H]1C[C@@H](c2ccc(CO)cc2)O[C@@H](c2ccc(NC(=O)CCCC(=O)NO)cc2)O1. The summed E-state index contributed by atoms with van der Waals surface area (Å²) >= 11 is 0. The monoisotopic (exact) mass is 597 g/mol. The van der Waals surface area contributed by atoms with Crippen LogP contribution in [0, 0.1) is 0 Å². The molecular weight excluding hydrogens is 554 g/mol. The second-order valence-corrected chi connectivity index (χ2v) is 12.1. The van der Waals surface area contributed by atoms with E-state index < -0.39 is 17.8 Å². The predicted octanol–water partition coefficient (Wildman–Crippen LogP) is 4.14. The first kappa shape index (κ1) is 32.6. The van der Waals surface area contributed by atoms with Crippen molar-refractivity contribution >= 4 is 23.5 Å². The van der Waals surface area contributed by atoms with E-state index in [9.17, 15) is 19.5 Å². The molecule has 2 aliphatic rings. The maximum Gasteiger partial charge on any atom is 0.323 e. The Balaban J connectivity index is 1.45. The number of esters is 1. The summed E-state index contributed by atoms with van der Waals surface area (Å²) in [5, 5.41) is 20.9. The number of nitrogens with zero attached hydrogens (tertiary/aromatic N) is 1. The summed E-state index contributed by atoms with van der Waals surface area (Å²) in [5.41, 5.74) is 4.17. The molecule has 2 saturated heterocycles. The van der Waals surface area contributed by atoms with E-state index in [1.165, 1.54) is 0 Å². The van der Waals surface area contributed by atoms with Gasteiger partial charge in [-0.15, -0.1) is 0 Å². The fraction of sp³-hybridized carbons (Fsp3) is 0.531. The average Bonchev–Trinajstić information content (AvgIpc) is 3.44. The number of aliphatic hydroxyl groups excluding tert-OH is 1. The van der Waals surface area contributed by atoms with E-state index in [4.69, 9.17) is 19.4 Å². The van der Waals surface area contributed by atoms with Gasteiger partial charge in [0.1, 0.15) is 11.6 Å². The Morgan fingerprint density at radius 3 is 2.30 bits per heavy atom. The summed E-state index contributed by atoms with van der Waals surface area (Å²) < 4.78 is 18.6. The van der Waals surface area contributed by atoms with Crippen LogP contribution in [-0.2, 0) is 35.2 Å². The van der Waals surface area contributed by atoms with Crippen LogP contribution in [0.3, 0.4) is 0 Å². The van der Waals surface area contributed by atoms with E-state index >= 15 is 0 Å². The number of hydrogen-bond donors (Lipinski definition) is 4. The zero-order valence-electron chi connectivity index (χ0n) is 25.1. The molecule has 2 amide bonds. The van der Waals surface area contributed by atoms with Crippen molar-refractivity contribution in [3.63, 3.8) is 0 Å². The van der Waals surface area contributed by atoms with Crippen molar-refractivity contribution in [1.29, 1.82) is 0 Å². The number of anilines is 1. The fourth-order valence-electron chi connectivity index (χ4n) is 5.39. The minimum Gasteiger partial charge on any atom is -0.459 e. The van der Waals surface area contributed by atoms with Gasteiger partial charge in [-0.1, -0.05) is 36.4 Å². The fourth-order valence-corrected chi connectivity index (χ4v) is 5.39. The first-order chi connectivity index (χ1) is 20.5. The molecule has 11 nitrogen and oxygen atoms in total. The van der Waals surface area contributed by atoms with Crippen LogP contribution in [0.1, 0.15) is 88.4 Å². The van der Waals surface area contributed by atoms with Gasteiger partial charge >= 0.3 is 5.97 Å². The van der Waals surface area contributed by atoms with Crippen molar-refractivity contribution < 1.29 is 38.9 Å². The predicted molar refractivity (Wildman–Crippen MR) is 158 cm³/mol. The molecule has 2 aromatic carbocycles. The van der Waals surface area contributed by atoms with Crippen molar-refractivity contribution in [3.8, 4) is 0 Å². The van der Waals surface area contributed by atoms with Crippen LogP contribution in [0.4, 0.5) is 5.69 Å². The quantitative estimate of drug-likeness (QED) is 0.170. The molecular formula is C32H43N3O8. The maximum atomic E-state index is 12.9. The molecule has 0 spiro atoms. The van der Waals surface area contributed by atoms with Crippen LogP contribution in [-0.4, -0.2) is 63.8 Å². The summed E-state index contributed by atoms with van der Waals surface area (Å²) in [6, 6.07) is 14.6. The van der Waals surface area contributed by atoms with Gasteiger partial charge in [0.25, 0.3) is 0 Å². The van der Waals surface area contributed by atoms with Gasteiger partial charge in [0, 0.05) is 37.1 Å². The highest BCUT2D eigenvalue weighted by Gasteiger charge is 2.38. The van der Waals surface area contributed by atoms with Crippen molar-refractivity contribution in [2.75, 3.05) is 18.4 Å². The van der Waals surface area contributed by atoms with Crippen LogP contribution < -0.4 is 10.8 Å². The first-order valence-corrected chi connectivity index (χ1v) is 14.8. The summed E-state index contributed by atoms with van der Waals surface area (Å²) in [7, 11) is 0. The highest BCUT2D eigenvalue weighted by molar-refractivity contribution is 5.91. The maximum absolute atomic E-state index is 12.9. The van der Waals surface area contributed by atoms with Crippen molar-refractivity contribution in [2.24, 2.45) is 0 Å². The molecule has 11 heteroatoms. The Kier molecular flexibility index (Phi) is 11.3. The Morgan fingerprint density at radius 2 is 1.65 bits per heavy atom. The van der Waals surface area contributed by atoms with Crippen molar-refractivity contribution in [1.82, 2.24) is 10.4 Å². The summed E-state index contributed by atoms with van der Waals surface area (Å²) in [6.45, 7) is 6.92. The van der Waals surface area contributed by atoms with Gasteiger partial charge in [-0.2, -0.15) is 0 Å². The van der Waals surface area contributed by atoms with Crippen LogP contribution in [0.5, 0.6) is 0 Å². The number of aliphatic hydroxyl groups is 1. The number of ether oxygens (including phenoxy) is 3. The average molecular weight is 598 g/mol. The van der Waals surface area contributed by atoms with E-state index in [-0.39, 0.29) is 49.6 Å². The molecule has 4 rings (SSSR count). The Labute approximate surface area is 252 Å². The van der Waals surface area contributed by atoms with Gasteiger partial charge in [-0.3, -0.25) is 24.5 Å². The molecule has 4 atom stereocenters. The van der Waals surface area contributed by atoms with Crippen LogP contribution in [0.2, 0.25) is 0 Å². The van der Waals surface area contributed by atoms with Gasteiger partial charge in [0.15, 0.2) is 6.29 Å². The minimum absolute atomic E-state index is 0.0396. The molecule has 4 N–H and O–H groups in total. The topological polar surface area (TPSA) is 147 Å². The highest BCUT2D eigenvalue weighted by Crippen LogP contribution is 2.39. The number of hydrogen-bond acceptors (Lipinski definition) is 9. The third kappa shape index (κ3) is 9.57. The summed E-state index contributed by atoms with van der Waals surface area (Å²) in [6.07, 6.45) is 1.59. The summed E-state index contributed by atoms with van der Waals surface area (Å²) in [5.74, 6) is -0.977. The lowest BCUT2D eigenvalue weighted by Gasteiger charge is -2.38. The second-order valence-electron chi connectivity index (χ2n) is 12.1. The van der Waals surface area contributed by atoms with Crippen LogP contribution in [0.15, 0.2) is 48.5 Å². The number of benzene rings is 2. The van der Waals surface area contributed by atoms with E-state index in [2.05, 4.69) is 10.2 Å². The van der Waals surface area contributed by atoms with Gasteiger partial charge in [0.05, 0.1) is 18.8 Å². The molecule has 0 saturated carbocycles. The highest BCUT2D eigenvalue weighted by atomic mass is 16.7. The number of amides is 2. The second kappa shape index (κ2) is 14.9. The van der Waals surface area contributed by atoms with Gasteiger partial charge in [-0.05, 0) is 69.8 Å². The zero-order valence-corrected chi connectivity index (χ0v) is 25.1. The van der Waals surface area contributed by atoms with E-state index in [0.717, 1.165) is 36.1 Å². The van der Waals surface area contributed by atoms with E-state index in [1.807, 2.05) is 57.2 Å². The molecule has 0 bridgehead atoms. The normalized spacial score (nSPS) is 22.6. The third-order valence-electron chi connectivity index (χ3n) is 7.49. The zero-order chi connectivity index (χ0) is 31.0. The molecule has 0 radical (unpaired) electrons. The third-order valence-corrected chi connectivity index (χ3v) is 7.49. The number of rotatable bonds is 11. The van der Waals surface area contributed by atoms with Gasteiger partial charge < -0.3 is 24.6 Å². The summed E-state index contributed by atoms with van der Waals surface area (Å²) in [4.78, 5) is 38.5. The molecule has 2 aromatic rings. The molecule has 0 aromatic heterocycles. The molecule has 234 valence electrons. The molecule has 2 aliphatic heterocycles. The largest absolute Gasteiger partial charge is 0.459 e. The van der Waals surface area contributed by atoms with Gasteiger partial charge in [-0.25, -0.2) is 5.48 Å². The minimum atomic E-state index is -0.675. The number of likely N-dealkylation sites (tertiary alicyclic amines) is 1. The van der Waals surface area contributed by atoms with Crippen LogP contribution in [0.25, 0.3) is 0 Å². The number of carbonyl (C=O) groups excluding carboxylic acids is 3. The number of nitrogens with one attached hydrogen (secondary N) is 2. The number of hydroxylamine groups is 1. The standard InChI is InChI=1S/C32H43N3O8/c1-32(2,3)43-30(39)26-6-5-17-35(26)19-25-18-27(22-11-9-21(20-36)10-12-22)42-31(41-25)23-13-15-24(16-14-23)33-28(37)7-4-8-29(38)34-40/h9-16,25-27,31,36,40H,4-8,17-20H2,1-3H3,(H,33,37)(H,34,38)/t25-,26+,27+,31+/m1/s1. The lowest BCUT2D eigenvalue weighted by molar-refractivity contribution is -0.253.